The minimum absolute atomic E-state index is 0.172. The van der Waals surface area contributed by atoms with Crippen LogP contribution < -0.4 is 5.73 Å². The van der Waals surface area contributed by atoms with Gasteiger partial charge in [0.25, 0.3) is 0 Å². The topological polar surface area (TPSA) is 62.5 Å². The number of aromatic nitrogens is 1. The summed E-state index contributed by atoms with van der Waals surface area (Å²) in [6, 6.07) is 3.84. The third-order valence-corrected chi connectivity index (χ3v) is 3.29. The SMILES string of the molecule is CC(=O)N1CCCN(Cc2ccc(N)nc2)CC1. The van der Waals surface area contributed by atoms with Gasteiger partial charge in [-0.05, 0) is 18.1 Å². The number of pyridine rings is 1. The standard InChI is InChI=1S/C13H20N4O/c1-11(18)17-6-2-5-16(7-8-17)10-12-3-4-13(14)15-9-12/h3-4,9H,2,5-8,10H2,1H3,(H2,14,15). The van der Waals surface area contributed by atoms with Gasteiger partial charge in [-0.2, -0.15) is 0 Å². The number of rotatable bonds is 2. The van der Waals surface area contributed by atoms with E-state index in [-0.39, 0.29) is 5.91 Å². The summed E-state index contributed by atoms with van der Waals surface area (Å²) >= 11 is 0. The van der Waals surface area contributed by atoms with Crippen molar-refractivity contribution in [1.82, 2.24) is 14.8 Å². The fraction of sp³-hybridized carbons (Fsp3) is 0.538. The Morgan fingerprint density at radius 1 is 1.33 bits per heavy atom. The third-order valence-electron chi connectivity index (χ3n) is 3.29. The van der Waals surface area contributed by atoms with Crippen LogP contribution in [0.15, 0.2) is 18.3 Å². The van der Waals surface area contributed by atoms with Gasteiger partial charge in [0, 0.05) is 45.8 Å². The molecule has 0 bridgehead atoms. The lowest BCUT2D eigenvalue weighted by atomic mass is 10.2. The number of nitrogens with two attached hydrogens (primary N) is 1. The number of hydrogen-bond donors (Lipinski definition) is 1. The van der Waals surface area contributed by atoms with Crippen molar-refractivity contribution in [2.24, 2.45) is 0 Å². The highest BCUT2D eigenvalue weighted by Crippen LogP contribution is 2.09. The molecule has 0 aliphatic carbocycles. The van der Waals surface area contributed by atoms with Crippen LogP contribution in [0.1, 0.15) is 18.9 Å². The van der Waals surface area contributed by atoms with Crippen LogP contribution in [0.3, 0.4) is 0 Å². The van der Waals surface area contributed by atoms with E-state index in [2.05, 4.69) is 9.88 Å². The Morgan fingerprint density at radius 3 is 2.83 bits per heavy atom. The second kappa shape index (κ2) is 5.82. The molecule has 1 amide bonds. The maximum absolute atomic E-state index is 11.3. The summed E-state index contributed by atoms with van der Waals surface area (Å²) in [5.41, 5.74) is 6.73. The molecule has 5 nitrogen and oxygen atoms in total. The lowest BCUT2D eigenvalue weighted by Gasteiger charge is -2.20. The molecule has 0 radical (unpaired) electrons. The number of nitrogens with zero attached hydrogens (tertiary/aromatic N) is 3. The highest BCUT2D eigenvalue weighted by molar-refractivity contribution is 5.73. The van der Waals surface area contributed by atoms with Crippen molar-refractivity contribution in [1.29, 1.82) is 0 Å². The summed E-state index contributed by atoms with van der Waals surface area (Å²) in [5.74, 6) is 0.725. The summed E-state index contributed by atoms with van der Waals surface area (Å²) in [4.78, 5) is 19.7. The number of nitrogen functional groups attached to an aromatic ring is 1. The average molecular weight is 248 g/mol. The molecule has 0 aromatic carbocycles. The first kappa shape index (κ1) is 12.8. The summed E-state index contributed by atoms with van der Waals surface area (Å²) in [6.45, 7) is 6.14. The summed E-state index contributed by atoms with van der Waals surface area (Å²) in [7, 11) is 0. The Kier molecular flexibility index (Phi) is 4.15. The maximum atomic E-state index is 11.3. The number of carbonyl (C=O) groups is 1. The number of carbonyl (C=O) groups excluding carboxylic acids is 1. The molecule has 18 heavy (non-hydrogen) atoms. The number of anilines is 1. The monoisotopic (exact) mass is 248 g/mol. The normalized spacial score (nSPS) is 17.5. The van der Waals surface area contributed by atoms with Crippen molar-refractivity contribution in [3.05, 3.63) is 23.9 Å². The summed E-state index contributed by atoms with van der Waals surface area (Å²) in [6.07, 6.45) is 2.85. The molecule has 5 heteroatoms. The zero-order valence-electron chi connectivity index (χ0n) is 10.8. The molecule has 0 spiro atoms. The zero-order chi connectivity index (χ0) is 13.0. The van der Waals surface area contributed by atoms with E-state index in [0.717, 1.165) is 39.1 Å². The van der Waals surface area contributed by atoms with Crippen molar-refractivity contribution >= 4 is 11.7 Å². The van der Waals surface area contributed by atoms with Crippen molar-refractivity contribution in [2.75, 3.05) is 31.9 Å². The lowest BCUT2D eigenvalue weighted by Crippen LogP contribution is -2.33. The molecule has 2 N–H and O–H groups in total. The second-order valence-electron chi connectivity index (χ2n) is 4.73. The van der Waals surface area contributed by atoms with Gasteiger partial charge < -0.3 is 10.6 Å². The van der Waals surface area contributed by atoms with Gasteiger partial charge in [0.05, 0.1) is 0 Å². The predicted molar refractivity (Wildman–Crippen MR) is 70.8 cm³/mol. The van der Waals surface area contributed by atoms with Gasteiger partial charge in [0.15, 0.2) is 0 Å². The Labute approximate surface area is 108 Å². The molecule has 2 rings (SSSR count). The molecule has 1 aliphatic rings. The minimum atomic E-state index is 0.172. The molecule has 2 heterocycles. The first-order valence-corrected chi connectivity index (χ1v) is 6.33. The van der Waals surface area contributed by atoms with Gasteiger partial charge in [-0.15, -0.1) is 0 Å². The Balaban J connectivity index is 1.90. The van der Waals surface area contributed by atoms with E-state index in [4.69, 9.17) is 5.73 Å². The minimum Gasteiger partial charge on any atom is -0.384 e. The van der Waals surface area contributed by atoms with Gasteiger partial charge in [0.1, 0.15) is 5.82 Å². The quantitative estimate of drug-likeness (QED) is 0.837. The Hall–Kier alpha value is -1.62. The van der Waals surface area contributed by atoms with Crippen LogP contribution in [0.25, 0.3) is 0 Å². The van der Waals surface area contributed by atoms with Crippen molar-refractivity contribution < 1.29 is 4.79 Å². The zero-order valence-corrected chi connectivity index (χ0v) is 10.8. The molecule has 1 aliphatic heterocycles. The molecule has 98 valence electrons. The highest BCUT2D eigenvalue weighted by Gasteiger charge is 2.16. The summed E-state index contributed by atoms with van der Waals surface area (Å²) in [5, 5.41) is 0. The van der Waals surface area contributed by atoms with E-state index in [1.807, 2.05) is 23.2 Å². The van der Waals surface area contributed by atoms with Crippen LogP contribution >= 0.6 is 0 Å². The first-order chi connectivity index (χ1) is 8.65. The lowest BCUT2D eigenvalue weighted by molar-refractivity contribution is -0.128. The van der Waals surface area contributed by atoms with Crippen LogP contribution in [-0.4, -0.2) is 46.9 Å². The van der Waals surface area contributed by atoms with Gasteiger partial charge in [-0.1, -0.05) is 6.07 Å². The highest BCUT2D eigenvalue weighted by atomic mass is 16.2. The number of amides is 1. The van der Waals surface area contributed by atoms with Gasteiger partial charge in [0.2, 0.25) is 5.91 Å². The molecular formula is C13H20N4O. The van der Waals surface area contributed by atoms with Crippen molar-refractivity contribution in [3.8, 4) is 0 Å². The fourth-order valence-electron chi connectivity index (χ4n) is 2.23. The van der Waals surface area contributed by atoms with Crippen LogP contribution in [-0.2, 0) is 11.3 Å². The van der Waals surface area contributed by atoms with E-state index in [9.17, 15) is 4.79 Å². The van der Waals surface area contributed by atoms with Gasteiger partial charge >= 0.3 is 0 Å². The smallest absolute Gasteiger partial charge is 0.219 e. The molecule has 1 aromatic heterocycles. The molecular weight excluding hydrogens is 228 g/mol. The molecule has 1 fully saturated rings. The fourth-order valence-corrected chi connectivity index (χ4v) is 2.23. The molecule has 0 atom stereocenters. The Morgan fingerprint density at radius 2 is 2.17 bits per heavy atom. The van der Waals surface area contributed by atoms with Crippen LogP contribution in [0.5, 0.6) is 0 Å². The van der Waals surface area contributed by atoms with Crippen molar-refractivity contribution in [2.45, 2.75) is 19.9 Å². The molecule has 0 saturated carbocycles. The largest absolute Gasteiger partial charge is 0.384 e. The van der Waals surface area contributed by atoms with E-state index < -0.39 is 0 Å². The molecule has 1 aromatic rings. The van der Waals surface area contributed by atoms with Crippen LogP contribution in [0.4, 0.5) is 5.82 Å². The summed E-state index contributed by atoms with van der Waals surface area (Å²) < 4.78 is 0. The van der Waals surface area contributed by atoms with Gasteiger partial charge in [-0.25, -0.2) is 4.98 Å². The first-order valence-electron chi connectivity index (χ1n) is 6.33. The molecule has 1 saturated heterocycles. The maximum Gasteiger partial charge on any atom is 0.219 e. The molecule has 0 unspecified atom stereocenters. The van der Waals surface area contributed by atoms with E-state index in [1.54, 1.807) is 6.92 Å². The third kappa shape index (κ3) is 3.43. The average Bonchev–Trinajstić information content (AvgIpc) is 2.58. The van der Waals surface area contributed by atoms with E-state index >= 15 is 0 Å². The van der Waals surface area contributed by atoms with Crippen LogP contribution in [0.2, 0.25) is 0 Å². The van der Waals surface area contributed by atoms with E-state index in [0.29, 0.717) is 5.82 Å². The predicted octanol–water partition coefficient (Wildman–Crippen LogP) is 0.718. The van der Waals surface area contributed by atoms with E-state index in [1.165, 1.54) is 5.56 Å². The van der Waals surface area contributed by atoms with Crippen molar-refractivity contribution in [3.63, 3.8) is 0 Å². The number of hydrogen-bond acceptors (Lipinski definition) is 4. The van der Waals surface area contributed by atoms with Gasteiger partial charge in [-0.3, -0.25) is 9.69 Å². The Bertz CT molecular complexity index is 404. The second-order valence-corrected chi connectivity index (χ2v) is 4.73. The van der Waals surface area contributed by atoms with Crippen LogP contribution in [0, 0.1) is 0 Å².